The zero-order valence-corrected chi connectivity index (χ0v) is 7.61. The van der Waals surface area contributed by atoms with Gasteiger partial charge in [0.15, 0.2) is 0 Å². The summed E-state index contributed by atoms with van der Waals surface area (Å²) >= 11 is 0. The van der Waals surface area contributed by atoms with Gasteiger partial charge in [0, 0.05) is 18.0 Å². The van der Waals surface area contributed by atoms with Crippen LogP contribution in [0.2, 0.25) is 0 Å². The minimum Gasteiger partial charge on any atom is -0.269 e. The highest BCUT2D eigenvalue weighted by Gasteiger charge is 2.00. The highest BCUT2D eigenvalue weighted by atomic mass is 16.1. The smallest absolute Gasteiger partial charge is 0.258 e. The molecule has 3 heteroatoms. The van der Waals surface area contributed by atoms with E-state index >= 15 is 0 Å². The van der Waals surface area contributed by atoms with Crippen LogP contribution in [0.5, 0.6) is 0 Å². The Balaban J connectivity index is 0.000000980. The van der Waals surface area contributed by atoms with Crippen molar-refractivity contribution in [3.8, 4) is 0 Å². The molecule has 0 radical (unpaired) electrons. The Hall–Kier alpha value is -1.64. The third-order valence-corrected chi connectivity index (χ3v) is 2.01. The molecule has 0 amide bonds. The average Bonchev–Trinajstić information content (AvgIpc) is 2.07. The molecule has 2 aromatic heterocycles. The molecule has 14 heavy (non-hydrogen) atoms. The van der Waals surface area contributed by atoms with Gasteiger partial charge in [0.1, 0.15) is 5.65 Å². The van der Waals surface area contributed by atoms with Crippen LogP contribution in [-0.4, -0.2) is 9.38 Å². The van der Waals surface area contributed by atoms with Crippen molar-refractivity contribution < 1.29 is 0 Å². The molecule has 0 aromatic carbocycles. The normalized spacial score (nSPS) is 9.86. The first-order valence-electron chi connectivity index (χ1n) is 4.14. The monoisotopic (exact) mass is 190 g/mol. The molecule has 2 aromatic rings. The van der Waals surface area contributed by atoms with Crippen molar-refractivity contribution in [1.29, 1.82) is 0 Å². The van der Waals surface area contributed by atoms with E-state index in [0.29, 0.717) is 0 Å². The second-order valence-corrected chi connectivity index (χ2v) is 3.12. The number of fused-ring (bicyclic) bond motifs is 1. The number of aryl methyl sites for hydroxylation is 2. The fraction of sp³-hybridized carbons (Fsp3) is 0.273. The highest BCUT2D eigenvalue weighted by Crippen LogP contribution is 2.04. The molecule has 0 aliphatic rings. The van der Waals surface area contributed by atoms with Crippen LogP contribution < -0.4 is 5.56 Å². The topological polar surface area (TPSA) is 34.4 Å². The third-order valence-electron chi connectivity index (χ3n) is 2.01. The van der Waals surface area contributed by atoms with E-state index in [-0.39, 0.29) is 13.0 Å². The van der Waals surface area contributed by atoms with Crippen molar-refractivity contribution in [2.45, 2.75) is 21.3 Å². The van der Waals surface area contributed by atoms with Crippen LogP contribution in [0.25, 0.3) is 5.65 Å². The Kier molecular flexibility index (Phi) is 2.70. The first kappa shape index (κ1) is 10.4. The molecule has 0 aliphatic carbocycles. The standard InChI is InChI=1S/C10H10N2O.CH4/c1-7-4-3-5-12-9(13)6-8(2)11-10(7)12;/h3-6H,1-2H3;1H4. The van der Waals surface area contributed by atoms with Gasteiger partial charge in [0.2, 0.25) is 0 Å². The van der Waals surface area contributed by atoms with Gasteiger partial charge < -0.3 is 0 Å². The Morgan fingerprint density at radius 2 is 2.07 bits per heavy atom. The predicted molar refractivity (Wildman–Crippen MR) is 57.7 cm³/mol. The average molecular weight is 190 g/mol. The summed E-state index contributed by atoms with van der Waals surface area (Å²) in [6.07, 6.45) is 1.73. The van der Waals surface area contributed by atoms with Crippen molar-refractivity contribution in [2.24, 2.45) is 0 Å². The SMILES string of the molecule is C.Cc1cc(=O)n2cccc(C)c2n1. The zero-order valence-electron chi connectivity index (χ0n) is 7.61. The summed E-state index contributed by atoms with van der Waals surface area (Å²) in [5.74, 6) is 0. The molecule has 0 saturated carbocycles. The second-order valence-electron chi connectivity index (χ2n) is 3.12. The minimum absolute atomic E-state index is 0. The van der Waals surface area contributed by atoms with Crippen molar-refractivity contribution in [3.63, 3.8) is 0 Å². The molecule has 0 unspecified atom stereocenters. The van der Waals surface area contributed by atoms with Gasteiger partial charge in [-0.2, -0.15) is 0 Å². The van der Waals surface area contributed by atoms with E-state index in [9.17, 15) is 4.79 Å². The second kappa shape index (κ2) is 3.62. The maximum Gasteiger partial charge on any atom is 0.258 e. The van der Waals surface area contributed by atoms with Gasteiger partial charge in [0.25, 0.3) is 5.56 Å². The lowest BCUT2D eigenvalue weighted by atomic mass is 10.3. The van der Waals surface area contributed by atoms with Crippen LogP contribution in [0.15, 0.2) is 29.2 Å². The van der Waals surface area contributed by atoms with Gasteiger partial charge in [-0.1, -0.05) is 13.5 Å². The summed E-state index contributed by atoms with van der Waals surface area (Å²) in [4.78, 5) is 15.8. The van der Waals surface area contributed by atoms with E-state index in [2.05, 4.69) is 4.98 Å². The van der Waals surface area contributed by atoms with Crippen molar-refractivity contribution in [1.82, 2.24) is 9.38 Å². The van der Waals surface area contributed by atoms with Crippen LogP contribution in [-0.2, 0) is 0 Å². The van der Waals surface area contributed by atoms with E-state index in [0.717, 1.165) is 16.9 Å². The lowest BCUT2D eigenvalue weighted by molar-refractivity contribution is 1.01. The summed E-state index contributed by atoms with van der Waals surface area (Å²) in [5, 5.41) is 0. The Morgan fingerprint density at radius 3 is 2.79 bits per heavy atom. The van der Waals surface area contributed by atoms with Crippen LogP contribution in [0.1, 0.15) is 18.7 Å². The quantitative estimate of drug-likeness (QED) is 0.636. The van der Waals surface area contributed by atoms with E-state index in [1.165, 1.54) is 6.07 Å². The summed E-state index contributed by atoms with van der Waals surface area (Å²) in [5.41, 5.74) is 2.50. The van der Waals surface area contributed by atoms with E-state index in [1.807, 2.05) is 26.0 Å². The number of aromatic nitrogens is 2. The minimum atomic E-state index is -0.0220. The molecule has 0 spiro atoms. The summed E-state index contributed by atoms with van der Waals surface area (Å²) in [7, 11) is 0. The molecule has 2 rings (SSSR count). The molecule has 3 nitrogen and oxygen atoms in total. The van der Waals surface area contributed by atoms with Crippen LogP contribution >= 0.6 is 0 Å². The predicted octanol–water partition coefficient (Wildman–Crippen LogP) is 1.95. The summed E-state index contributed by atoms with van der Waals surface area (Å²) < 4.78 is 1.56. The fourth-order valence-electron chi connectivity index (χ4n) is 1.38. The lowest BCUT2D eigenvalue weighted by Gasteiger charge is -2.02. The summed E-state index contributed by atoms with van der Waals surface area (Å²) in [6, 6.07) is 5.33. The molecule has 2 heterocycles. The van der Waals surface area contributed by atoms with Crippen LogP contribution in [0, 0.1) is 13.8 Å². The van der Waals surface area contributed by atoms with E-state index in [1.54, 1.807) is 10.6 Å². The number of rotatable bonds is 0. The number of hydrogen-bond donors (Lipinski definition) is 0. The number of nitrogens with zero attached hydrogens (tertiary/aromatic N) is 2. The van der Waals surface area contributed by atoms with Gasteiger partial charge in [-0.3, -0.25) is 9.20 Å². The molecule has 0 bridgehead atoms. The molecular formula is C11H14N2O. The molecule has 0 fully saturated rings. The van der Waals surface area contributed by atoms with Gasteiger partial charge in [-0.05, 0) is 25.5 Å². The third kappa shape index (κ3) is 1.53. The molecule has 0 saturated heterocycles. The maximum absolute atomic E-state index is 11.5. The zero-order chi connectivity index (χ0) is 9.42. The maximum atomic E-state index is 11.5. The van der Waals surface area contributed by atoms with Gasteiger partial charge in [0.05, 0.1) is 0 Å². The first-order valence-corrected chi connectivity index (χ1v) is 4.14. The number of pyridine rings is 1. The lowest BCUT2D eigenvalue weighted by Crippen LogP contribution is -2.14. The van der Waals surface area contributed by atoms with Crippen molar-refractivity contribution in [2.75, 3.05) is 0 Å². The van der Waals surface area contributed by atoms with Gasteiger partial charge in [-0.25, -0.2) is 4.98 Å². The van der Waals surface area contributed by atoms with E-state index < -0.39 is 0 Å². The fourth-order valence-corrected chi connectivity index (χ4v) is 1.38. The molecule has 74 valence electrons. The Morgan fingerprint density at radius 1 is 1.36 bits per heavy atom. The Labute approximate surface area is 83.0 Å². The molecular weight excluding hydrogens is 176 g/mol. The van der Waals surface area contributed by atoms with Crippen LogP contribution in [0.3, 0.4) is 0 Å². The van der Waals surface area contributed by atoms with Crippen molar-refractivity contribution >= 4 is 5.65 Å². The summed E-state index contributed by atoms with van der Waals surface area (Å²) in [6.45, 7) is 3.77. The first-order chi connectivity index (χ1) is 6.18. The highest BCUT2D eigenvalue weighted by molar-refractivity contribution is 5.46. The van der Waals surface area contributed by atoms with Gasteiger partial charge in [-0.15, -0.1) is 0 Å². The van der Waals surface area contributed by atoms with Crippen LogP contribution in [0.4, 0.5) is 0 Å². The number of hydrogen-bond acceptors (Lipinski definition) is 2. The van der Waals surface area contributed by atoms with Gasteiger partial charge >= 0.3 is 0 Å². The molecule has 0 N–H and O–H groups in total. The molecule has 0 aliphatic heterocycles. The molecule has 0 atom stereocenters. The Bertz CT molecular complexity index is 514. The largest absolute Gasteiger partial charge is 0.269 e. The van der Waals surface area contributed by atoms with Crippen molar-refractivity contribution in [3.05, 3.63) is 46.0 Å². The van der Waals surface area contributed by atoms with E-state index in [4.69, 9.17) is 0 Å².